The Morgan fingerprint density at radius 2 is 1.38 bits per heavy atom. The van der Waals surface area contributed by atoms with Crippen molar-refractivity contribution >= 4 is 74.5 Å². The maximum Gasteiger partial charge on any atom is 0.408 e. The molecule has 0 aliphatic heterocycles. The molecule has 2 aromatic heterocycles. The number of aryl methyl sites for hydroxylation is 3. The molecule has 1 unspecified atom stereocenters. The van der Waals surface area contributed by atoms with Crippen LogP contribution in [0.2, 0.25) is 0 Å². The van der Waals surface area contributed by atoms with E-state index in [4.69, 9.17) is 18.9 Å². The maximum absolute atomic E-state index is 13.8. The van der Waals surface area contributed by atoms with Gasteiger partial charge in [-0.05, 0) is 128 Å². The molecule has 5 rings (SSSR count). The number of esters is 2. The number of alkyl carbamates (subject to hydrolysis) is 1. The van der Waals surface area contributed by atoms with Crippen molar-refractivity contribution in [3.8, 4) is 5.75 Å². The van der Waals surface area contributed by atoms with E-state index in [-0.39, 0.29) is 92.3 Å². The molecule has 9 N–H and O–H groups in total. The summed E-state index contributed by atoms with van der Waals surface area (Å²) >= 11 is 0. The van der Waals surface area contributed by atoms with Gasteiger partial charge in [0.1, 0.15) is 41.7 Å². The Kier molecular flexibility index (Phi) is 24.6. The number of hydrogen-bond donors (Lipinski definition) is 9. The number of aromatic nitrogens is 4. The van der Waals surface area contributed by atoms with Crippen LogP contribution in [0.15, 0.2) is 84.1 Å². The Balaban J connectivity index is 1.08. The Labute approximate surface area is 487 Å². The monoisotopic (exact) mass is 1190 g/mol. The maximum atomic E-state index is 13.8. The van der Waals surface area contributed by atoms with E-state index in [2.05, 4.69) is 51.7 Å². The van der Waals surface area contributed by atoms with Crippen molar-refractivity contribution in [3.63, 3.8) is 0 Å². The molecule has 27 heteroatoms. The smallest absolute Gasteiger partial charge is 0.408 e. The summed E-state index contributed by atoms with van der Waals surface area (Å²) in [5.41, 5.74) is 0.531. The Morgan fingerprint density at radius 1 is 0.738 bits per heavy atom. The fourth-order valence-corrected chi connectivity index (χ4v) is 10.0. The normalized spacial score (nSPS) is 12.7. The molecule has 26 nitrogen and oxygen atoms in total. The lowest BCUT2D eigenvalue weighted by Gasteiger charge is -2.24. The highest BCUT2D eigenvalue weighted by atomic mass is 32.2. The molecule has 0 aliphatic rings. The average Bonchev–Trinajstić information content (AvgIpc) is 2.09. The first-order valence-corrected chi connectivity index (χ1v) is 28.9. The van der Waals surface area contributed by atoms with Gasteiger partial charge in [-0.2, -0.15) is 9.82 Å². The van der Waals surface area contributed by atoms with E-state index in [1.165, 1.54) is 26.0 Å². The van der Waals surface area contributed by atoms with Crippen molar-refractivity contribution in [3.05, 3.63) is 102 Å². The van der Waals surface area contributed by atoms with Gasteiger partial charge in [-0.1, -0.05) is 30.3 Å². The summed E-state index contributed by atoms with van der Waals surface area (Å²) in [6.07, 6.45) is 4.01. The fraction of sp³-hybridized carbons (Fsp3) is 0.474. The molecular weight excluding hydrogens is 1110 g/mol. The van der Waals surface area contributed by atoms with Gasteiger partial charge >= 0.3 is 24.0 Å². The van der Waals surface area contributed by atoms with Crippen molar-refractivity contribution in [2.45, 2.75) is 148 Å². The van der Waals surface area contributed by atoms with Crippen LogP contribution in [0.25, 0.3) is 10.9 Å². The van der Waals surface area contributed by atoms with Crippen molar-refractivity contribution in [2.75, 3.05) is 38.1 Å². The van der Waals surface area contributed by atoms with E-state index in [9.17, 15) is 51.9 Å². The second kappa shape index (κ2) is 31.2. The van der Waals surface area contributed by atoms with E-state index in [1.807, 2.05) is 0 Å². The first-order chi connectivity index (χ1) is 39.7. The van der Waals surface area contributed by atoms with Gasteiger partial charge in [0.2, 0.25) is 27.7 Å². The third-order valence-corrected chi connectivity index (χ3v) is 13.9. The average molecular weight is 1190 g/mol. The highest BCUT2D eigenvalue weighted by Gasteiger charge is 2.31. The molecule has 5 aromatic rings. The number of ether oxygens (including phenoxy) is 4. The van der Waals surface area contributed by atoms with Gasteiger partial charge in [-0.3, -0.25) is 38.2 Å². The van der Waals surface area contributed by atoms with Crippen LogP contribution < -0.4 is 41.4 Å². The third kappa shape index (κ3) is 22.6. The topological polar surface area (TPSA) is 359 Å². The number of imidazole rings is 1. The number of aliphatic carboxylic acids is 1. The number of rotatable bonds is 32. The van der Waals surface area contributed by atoms with Crippen LogP contribution in [-0.4, -0.2) is 143 Å². The third-order valence-electron chi connectivity index (χ3n) is 12.1. The molecule has 0 spiro atoms. The van der Waals surface area contributed by atoms with E-state index in [0.29, 0.717) is 35.7 Å². The van der Waals surface area contributed by atoms with Crippen molar-refractivity contribution < 1.29 is 70.8 Å². The largest absolute Gasteiger partial charge is 0.494 e. The van der Waals surface area contributed by atoms with Crippen LogP contribution in [0.4, 0.5) is 10.7 Å². The van der Waals surface area contributed by atoms with Gasteiger partial charge in [0.25, 0.3) is 5.91 Å². The van der Waals surface area contributed by atoms with Crippen LogP contribution in [0.1, 0.15) is 114 Å². The van der Waals surface area contributed by atoms with E-state index in [0.717, 1.165) is 11.9 Å². The van der Waals surface area contributed by atoms with Crippen LogP contribution in [0, 0.1) is 13.8 Å². The second-order valence-electron chi connectivity index (χ2n) is 21.6. The van der Waals surface area contributed by atoms with Crippen LogP contribution in [0.5, 0.6) is 5.75 Å². The van der Waals surface area contributed by atoms with Crippen molar-refractivity contribution in [2.24, 2.45) is 0 Å². The first-order valence-electron chi connectivity index (χ1n) is 27.4. The number of anilines is 1. The summed E-state index contributed by atoms with van der Waals surface area (Å²) in [6, 6.07) is 12.2. The molecule has 0 saturated heterocycles. The van der Waals surface area contributed by atoms with Gasteiger partial charge < -0.3 is 60.9 Å². The summed E-state index contributed by atoms with van der Waals surface area (Å²) in [5, 5.41) is 31.1. The minimum atomic E-state index is -4.45. The van der Waals surface area contributed by atoms with Gasteiger partial charge in [0.05, 0.1) is 23.2 Å². The number of carbonyl (C=O) groups excluding carboxylic acids is 7. The first kappa shape index (κ1) is 66.2. The Morgan fingerprint density at radius 3 is 2.00 bits per heavy atom. The number of nitrogens with zero attached hydrogens (tertiary/aromatic N) is 3. The number of benzene rings is 3. The number of hydrogen-bond acceptors (Lipinski definition) is 17. The number of sulfonamides is 1. The molecule has 0 saturated carbocycles. The molecule has 0 radical (unpaired) electrons. The van der Waals surface area contributed by atoms with Crippen molar-refractivity contribution in [1.29, 1.82) is 0 Å². The highest BCUT2D eigenvalue weighted by molar-refractivity contribution is 7.89. The number of nitrogens with one attached hydrogen (secondary N) is 8. The number of H-pyrrole nitrogens is 1. The lowest BCUT2D eigenvalue weighted by atomic mass is 10.1. The summed E-state index contributed by atoms with van der Waals surface area (Å²) in [7, 11) is -4.45. The van der Waals surface area contributed by atoms with E-state index < -0.39 is 87.6 Å². The summed E-state index contributed by atoms with van der Waals surface area (Å²) in [5.74, 6) is -4.40. The number of carboxylic acids is 1. The molecular formula is C57H77N11O15S. The molecule has 2 heterocycles. The predicted octanol–water partition coefficient (Wildman–Crippen LogP) is 4.45. The molecule has 0 bridgehead atoms. The fourth-order valence-electron chi connectivity index (χ4n) is 8.39. The Hall–Kier alpha value is -8.59. The number of carbonyl (C=O) groups is 8. The quantitative estimate of drug-likeness (QED) is 0.0163. The molecule has 84 heavy (non-hydrogen) atoms. The van der Waals surface area contributed by atoms with Crippen molar-refractivity contribution in [1.82, 2.24) is 51.1 Å². The number of carboxylic acid groups (broad SMARTS) is 1. The zero-order valence-corrected chi connectivity index (χ0v) is 49.4. The molecule has 456 valence electrons. The lowest BCUT2D eigenvalue weighted by Crippen LogP contribution is -2.54. The molecule has 0 fully saturated rings. The Bertz CT molecular complexity index is 3150. The molecule has 3 aromatic carbocycles. The summed E-state index contributed by atoms with van der Waals surface area (Å²) in [4.78, 5) is 111. The molecule has 5 amide bonds. The lowest BCUT2D eigenvalue weighted by molar-refractivity contribution is -0.156. The van der Waals surface area contributed by atoms with Gasteiger partial charge in [-0.15, -0.1) is 0 Å². The number of fused-ring (bicyclic) bond motifs is 1. The van der Waals surface area contributed by atoms with Crippen LogP contribution in [-0.2, 0) is 66.2 Å². The van der Waals surface area contributed by atoms with Crippen LogP contribution in [0.3, 0.4) is 0 Å². The number of aromatic amines is 1. The zero-order valence-electron chi connectivity index (χ0n) is 48.5. The molecule has 3 atom stereocenters. The summed E-state index contributed by atoms with van der Waals surface area (Å²) < 4.78 is 53.3. The van der Waals surface area contributed by atoms with E-state index >= 15 is 0 Å². The van der Waals surface area contributed by atoms with E-state index in [1.54, 1.807) is 113 Å². The predicted molar refractivity (Wildman–Crippen MR) is 308 cm³/mol. The minimum Gasteiger partial charge on any atom is -0.494 e. The van der Waals surface area contributed by atoms with Gasteiger partial charge in [0, 0.05) is 75.3 Å². The summed E-state index contributed by atoms with van der Waals surface area (Å²) in [6.45, 7) is 13.6. The van der Waals surface area contributed by atoms with Crippen LogP contribution >= 0.6 is 0 Å². The SMILES string of the molecule is Cc1cc(OCCCC(=O)NCCNC(=O)C(CCC(=O)OC(C)(C)C)NC(=O)[C@H](CCC(=O)OC(C)(C)C)NC(=O)OCc2ccccc2)cc(C)c1S(=O)(=O)N[C@@H](CNC(=O)c1ccc2c(cnn2CCCNc2ncc[nH]2)c1)C(=O)O. The highest BCUT2D eigenvalue weighted by Crippen LogP contribution is 2.27. The second-order valence-corrected chi connectivity index (χ2v) is 23.3. The number of amides is 5. The molecule has 0 aliphatic carbocycles. The zero-order chi connectivity index (χ0) is 61.6. The minimum absolute atomic E-state index is 0.00105. The standard InChI is InChI=1S/C57H77N11O15S/c1-36-30-41(31-37(2)49(36)84(78,79)67-44(53(75)76)34-63-50(72)39-17-20-45-40(32-39)33-64-68(45)28-13-23-60-54-61-26-27-62-54)80-29-12-16-46(69)58-24-25-59-51(73)42(18-21-47(70)82-56(3,4)5)65-52(74)43(19-22-48(71)83-57(6,7)8)66-55(77)81-35-38-14-10-9-11-15-38/h9-11,14-15,17,20,26-27,30-33,42-44,67H,12-13,16,18-19,21-25,28-29,34-35H2,1-8H3,(H,58,69)(H,59,73)(H,63,72)(H,65,74)(H,66,77)(H,75,76)(H2,60,61,62)/t42?,43-,44-/m0/s1. The van der Waals surface area contributed by atoms with Gasteiger partial charge in [0.15, 0.2) is 5.95 Å². The van der Waals surface area contributed by atoms with Gasteiger partial charge in [-0.25, -0.2) is 18.2 Å².